The van der Waals surface area contributed by atoms with Crippen LogP contribution in [0.25, 0.3) is 0 Å². The number of pyridine rings is 1. The van der Waals surface area contributed by atoms with Crippen LogP contribution in [0.4, 0.5) is 5.82 Å². The van der Waals surface area contributed by atoms with Gasteiger partial charge in [0.1, 0.15) is 5.82 Å². The molecule has 0 amide bonds. The van der Waals surface area contributed by atoms with Crippen molar-refractivity contribution in [1.82, 2.24) is 10.3 Å². The summed E-state index contributed by atoms with van der Waals surface area (Å²) in [5.74, 6) is 1.57. The first-order chi connectivity index (χ1) is 8.70. The van der Waals surface area contributed by atoms with Gasteiger partial charge in [0.2, 0.25) is 0 Å². The summed E-state index contributed by atoms with van der Waals surface area (Å²) >= 11 is 12.1. The number of rotatable bonds is 4. The highest BCUT2D eigenvalue weighted by atomic mass is 35.5. The Kier molecular flexibility index (Phi) is 5.10. The number of aromatic nitrogens is 1. The predicted octanol–water partition coefficient (Wildman–Crippen LogP) is 3.21. The Morgan fingerprint density at radius 2 is 2.11 bits per heavy atom. The first-order valence-electron chi connectivity index (χ1n) is 6.47. The molecule has 5 heteroatoms. The van der Waals surface area contributed by atoms with Gasteiger partial charge in [0, 0.05) is 19.3 Å². The molecule has 1 aliphatic rings. The Bertz CT molecular complexity index is 392. The molecule has 1 aromatic heterocycles. The highest BCUT2D eigenvalue weighted by Crippen LogP contribution is 2.27. The molecule has 0 bridgehead atoms. The first-order valence-corrected chi connectivity index (χ1v) is 7.23. The Balaban J connectivity index is 2.07. The highest BCUT2D eigenvalue weighted by molar-refractivity contribution is 6.36. The van der Waals surface area contributed by atoms with Crippen LogP contribution in [-0.4, -0.2) is 31.2 Å². The summed E-state index contributed by atoms with van der Waals surface area (Å²) < 4.78 is 0. The number of anilines is 1. The van der Waals surface area contributed by atoms with E-state index in [9.17, 15) is 0 Å². The van der Waals surface area contributed by atoms with Crippen LogP contribution in [0.15, 0.2) is 12.3 Å². The van der Waals surface area contributed by atoms with Crippen molar-refractivity contribution in [2.75, 3.05) is 31.1 Å². The summed E-state index contributed by atoms with van der Waals surface area (Å²) in [5, 5.41) is 4.61. The molecule has 18 heavy (non-hydrogen) atoms. The van der Waals surface area contributed by atoms with Gasteiger partial charge in [0.25, 0.3) is 0 Å². The lowest BCUT2D eigenvalue weighted by molar-refractivity contribution is 0.374. The van der Waals surface area contributed by atoms with E-state index in [2.05, 4.69) is 22.1 Å². The third-order valence-corrected chi connectivity index (χ3v) is 3.89. The van der Waals surface area contributed by atoms with Gasteiger partial charge in [-0.15, -0.1) is 0 Å². The molecule has 3 nitrogen and oxygen atoms in total. The van der Waals surface area contributed by atoms with Gasteiger partial charge in [0.15, 0.2) is 0 Å². The third kappa shape index (κ3) is 3.50. The number of nitrogens with one attached hydrogen (secondary N) is 1. The molecule has 2 rings (SSSR count). The van der Waals surface area contributed by atoms with Crippen LogP contribution in [0.3, 0.4) is 0 Å². The van der Waals surface area contributed by atoms with Crippen molar-refractivity contribution in [1.29, 1.82) is 0 Å². The minimum absolute atomic E-state index is 0.585. The molecule has 0 radical (unpaired) electrons. The molecule has 1 aliphatic heterocycles. The Morgan fingerprint density at radius 1 is 1.39 bits per heavy atom. The monoisotopic (exact) mass is 287 g/mol. The normalized spacial score (nSPS) is 16.8. The van der Waals surface area contributed by atoms with E-state index in [4.69, 9.17) is 23.2 Å². The molecule has 0 saturated carbocycles. The largest absolute Gasteiger partial charge is 0.355 e. The standard InChI is InChI=1S/C13H19Cl2N3/c1-2-18(9-10-3-5-16-6-4-10)13-12(15)7-11(14)8-17-13/h7-8,10,16H,2-6,9H2,1H3. The van der Waals surface area contributed by atoms with Crippen LogP contribution in [-0.2, 0) is 0 Å². The fourth-order valence-electron chi connectivity index (χ4n) is 2.38. The van der Waals surface area contributed by atoms with E-state index in [0.717, 1.165) is 37.9 Å². The van der Waals surface area contributed by atoms with E-state index in [1.807, 2.05) is 0 Å². The highest BCUT2D eigenvalue weighted by Gasteiger charge is 2.18. The van der Waals surface area contributed by atoms with Crippen molar-refractivity contribution in [3.8, 4) is 0 Å². The molecule has 0 aliphatic carbocycles. The fraction of sp³-hybridized carbons (Fsp3) is 0.615. The van der Waals surface area contributed by atoms with E-state index in [1.165, 1.54) is 12.8 Å². The summed E-state index contributed by atoms with van der Waals surface area (Å²) in [6.45, 7) is 6.30. The van der Waals surface area contributed by atoms with Crippen molar-refractivity contribution in [3.63, 3.8) is 0 Å². The van der Waals surface area contributed by atoms with Crippen LogP contribution in [0.1, 0.15) is 19.8 Å². The topological polar surface area (TPSA) is 28.2 Å². The van der Waals surface area contributed by atoms with Crippen molar-refractivity contribution < 1.29 is 0 Å². The molecule has 100 valence electrons. The van der Waals surface area contributed by atoms with Crippen LogP contribution < -0.4 is 10.2 Å². The van der Waals surface area contributed by atoms with Crippen LogP contribution in [0.2, 0.25) is 10.0 Å². The SMILES string of the molecule is CCN(CC1CCNCC1)c1ncc(Cl)cc1Cl. The number of nitrogens with zero attached hydrogens (tertiary/aromatic N) is 2. The summed E-state index contributed by atoms with van der Waals surface area (Å²) in [6, 6.07) is 1.76. The van der Waals surface area contributed by atoms with Crippen molar-refractivity contribution in [2.24, 2.45) is 5.92 Å². The molecule has 0 unspecified atom stereocenters. The van der Waals surface area contributed by atoms with Crippen molar-refractivity contribution >= 4 is 29.0 Å². The maximum Gasteiger partial charge on any atom is 0.147 e. The molecule has 0 aromatic carbocycles. The molecule has 1 aromatic rings. The summed E-state index contributed by atoms with van der Waals surface area (Å²) in [5.41, 5.74) is 0. The minimum Gasteiger partial charge on any atom is -0.355 e. The molecule has 1 N–H and O–H groups in total. The molecule has 0 spiro atoms. The summed E-state index contributed by atoms with van der Waals surface area (Å²) in [6.07, 6.45) is 4.11. The van der Waals surface area contributed by atoms with Gasteiger partial charge >= 0.3 is 0 Å². The van der Waals surface area contributed by atoms with Crippen molar-refractivity contribution in [3.05, 3.63) is 22.3 Å². The minimum atomic E-state index is 0.585. The van der Waals surface area contributed by atoms with Crippen LogP contribution in [0, 0.1) is 5.92 Å². The Morgan fingerprint density at radius 3 is 2.72 bits per heavy atom. The maximum atomic E-state index is 6.22. The van der Waals surface area contributed by atoms with Crippen molar-refractivity contribution in [2.45, 2.75) is 19.8 Å². The van der Waals surface area contributed by atoms with Gasteiger partial charge < -0.3 is 10.2 Å². The van der Waals surface area contributed by atoms with E-state index < -0.39 is 0 Å². The van der Waals surface area contributed by atoms with Crippen LogP contribution >= 0.6 is 23.2 Å². The summed E-state index contributed by atoms with van der Waals surface area (Å²) in [7, 11) is 0. The van der Waals surface area contributed by atoms with E-state index in [1.54, 1.807) is 12.3 Å². The average Bonchev–Trinajstić information content (AvgIpc) is 2.38. The maximum absolute atomic E-state index is 6.22. The zero-order valence-corrected chi connectivity index (χ0v) is 12.1. The summed E-state index contributed by atoms with van der Waals surface area (Å²) in [4.78, 5) is 6.61. The quantitative estimate of drug-likeness (QED) is 0.922. The molecule has 2 heterocycles. The van der Waals surface area contributed by atoms with Gasteiger partial charge in [0.05, 0.1) is 10.0 Å². The molecule has 1 fully saturated rings. The molecule has 1 saturated heterocycles. The zero-order chi connectivity index (χ0) is 13.0. The molecular formula is C13H19Cl2N3. The zero-order valence-electron chi connectivity index (χ0n) is 10.6. The van der Waals surface area contributed by atoms with Crippen LogP contribution in [0.5, 0.6) is 0 Å². The van der Waals surface area contributed by atoms with E-state index in [-0.39, 0.29) is 0 Å². The first kappa shape index (κ1) is 13.9. The lowest BCUT2D eigenvalue weighted by atomic mass is 9.97. The number of piperidine rings is 1. The predicted molar refractivity (Wildman–Crippen MR) is 77.7 cm³/mol. The third-order valence-electron chi connectivity index (χ3n) is 3.41. The Labute approximate surface area is 118 Å². The lowest BCUT2D eigenvalue weighted by Gasteiger charge is -2.30. The van der Waals surface area contributed by atoms with Gasteiger partial charge in [-0.2, -0.15) is 0 Å². The van der Waals surface area contributed by atoms with Gasteiger partial charge in [-0.25, -0.2) is 4.98 Å². The number of halogens is 2. The molecule has 0 atom stereocenters. The van der Waals surface area contributed by atoms with E-state index in [0.29, 0.717) is 10.0 Å². The fourth-order valence-corrected chi connectivity index (χ4v) is 2.88. The number of hydrogen-bond acceptors (Lipinski definition) is 3. The van der Waals surface area contributed by atoms with Gasteiger partial charge in [-0.05, 0) is 44.8 Å². The van der Waals surface area contributed by atoms with E-state index >= 15 is 0 Å². The van der Waals surface area contributed by atoms with Gasteiger partial charge in [-0.3, -0.25) is 0 Å². The second-order valence-electron chi connectivity index (χ2n) is 4.69. The smallest absolute Gasteiger partial charge is 0.147 e. The second-order valence-corrected chi connectivity index (χ2v) is 5.53. The number of hydrogen-bond donors (Lipinski definition) is 1. The second kappa shape index (κ2) is 6.60. The van der Waals surface area contributed by atoms with Gasteiger partial charge in [-0.1, -0.05) is 23.2 Å². The average molecular weight is 288 g/mol. The Hall–Kier alpha value is -0.510. The molecular weight excluding hydrogens is 269 g/mol. The lowest BCUT2D eigenvalue weighted by Crippen LogP contribution is -2.36.